The van der Waals surface area contributed by atoms with Gasteiger partial charge in [-0.3, -0.25) is 19.9 Å². The van der Waals surface area contributed by atoms with E-state index in [-0.39, 0.29) is 11.8 Å². The highest BCUT2D eigenvalue weighted by Gasteiger charge is 2.15. The van der Waals surface area contributed by atoms with E-state index in [9.17, 15) is 4.79 Å². The normalized spacial score (nSPS) is 11.8. The summed E-state index contributed by atoms with van der Waals surface area (Å²) in [5.41, 5.74) is 7.42. The number of H-pyrrole nitrogens is 1. The van der Waals surface area contributed by atoms with Crippen LogP contribution in [0.4, 0.5) is 11.4 Å². The molecule has 0 radical (unpaired) electrons. The molecule has 3 N–H and O–H groups in total. The standard InChI is InChI=1S/C29H28N6O/c1-19-9-14-31-26(15-19)20(2)16-27-23-8-7-22(17-28(23)35-34-27)33-25-6-4-3-5-24(25)29(36)32-18-21-10-12-30-13-11-21/h3-15,17,20,33H,16,18H2,1-2H3,(H,32,36)(H,34,35). The second-order valence-corrected chi connectivity index (χ2v) is 9.01. The Labute approximate surface area is 210 Å². The van der Waals surface area contributed by atoms with Crippen LogP contribution < -0.4 is 10.6 Å². The number of benzene rings is 2. The van der Waals surface area contributed by atoms with Gasteiger partial charge in [-0.05, 0) is 79.1 Å². The fraction of sp³-hybridized carbons (Fsp3) is 0.172. The molecule has 3 aromatic heterocycles. The van der Waals surface area contributed by atoms with E-state index in [0.717, 1.165) is 45.6 Å². The summed E-state index contributed by atoms with van der Waals surface area (Å²) in [7, 11) is 0. The first kappa shape index (κ1) is 23.2. The summed E-state index contributed by atoms with van der Waals surface area (Å²) in [5.74, 6) is 0.126. The number of nitrogens with zero attached hydrogens (tertiary/aromatic N) is 3. The van der Waals surface area contributed by atoms with Crippen LogP contribution in [0.25, 0.3) is 10.9 Å². The topological polar surface area (TPSA) is 95.6 Å². The van der Waals surface area contributed by atoms with E-state index < -0.39 is 0 Å². The minimum atomic E-state index is -0.142. The van der Waals surface area contributed by atoms with Crippen molar-refractivity contribution in [3.8, 4) is 0 Å². The molecule has 0 fully saturated rings. The molecule has 1 atom stereocenters. The third-order valence-electron chi connectivity index (χ3n) is 6.24. The number of carbonyl (C=O) groups is 1. The Morgan fingerprint density at radius 3 is 2.67 bits per heavy atom. The van der Waals surface area contributed by atoms with E-state index in [0.29, 0.717) is 12.1 Å². The van der Waals surface area contributed by atoms with E-state index in [1.165, 1.54) is 5.56 Å². The van der Waals surface area contributed by atoms with Crippen molar-refractivity contribution >= 4 is 28.2 Å². The van der Waals surface area contributed by atoms with E-state index in [2.05, 4.69) is 56.8 Å². The molecule has 0 bridgehead atoms. The Hall–Kier alpha value is -4.52. The Morgan fingerprint density at radius 1 is 1.00 bits per heavy atom. The summed E-state index contributed by atoms with van der Waals surface area (Å²) in [4.78, 5) is 21.4. The molecule has 2 aromatic carbocycles. The first-order valence-electron chi connectivity index (χ1n) is 12.0. The lowest BCUT2D eigenvalue weighted by molar-refractivity contribution is 0.0951. The van der Waals surface area contributed by atoms with Crippen LogP contribution in [-0.2, 0) is 13.0 Å². The monoisotopic (exact) mass is 476 g/mol. The number of nitrogens with one attached hydrogen (secondary N) is 3. The predicted octanol–water partition coefficient (Wildman–Crippen LogP) is 5.68. The molecule has 7 nitrogen and oxygen atoms in total. The molecule has 0 saturated carbocycles. The number of rotatable bonds is 8. The molecule has 0 aliphatic rings. The summed E-state index contributed by atoms with van der Waals surface area (Å²) in [6, 6.07) is 21.5. The van der Waals surface area contributed by atoms with Gasteiger partial charge in [0.2, 0.25) is 0 Å². The smallest absolute Gasteiger partial charge is 0.253 e. The summed E-state index contributed by atoms with van der Waals surface area (Å²) in [6.07, 6.45) is 6.11. The molecule has 36 heavy (non-hydrogen) atoms. The number of hydrogen-bond acceptors (Lipinski definition) is 5. The second kappa shape index (κ2) is 10.4. The van der Waals surface area contributed by atoms with Gasteiger partial charge in [0.05, 0.1) is 16.8 Å². The maximum Gasteiger partial charge on any atom is 0.253 e. The van der Waals surface area contributed by atoms with E-state index in [4.69, 9.17) is 0 Å². The molecular weight excluding hydrogens is 448 g/mol. The van der Waals surface area contributed by atoms with Crippen molar-refractivity contribution in [1.82, 2.24) is 25.5 Å². The Morgan fingerprint density at radius 2 is 1.83 bits per heavy atom. The molecule has 0 aliphatic heterocycles. The number of aromatic nitrogens is 4. The third kappa shape index (κ3) is 5.25. The van der Waals surface area contributed by atoms with Gasteiger partial charge >= 0.3 is 0 Å². The number of anilines is 2. The summed E-state index contributed by atoms with van der Waals surface area (Å²) in [5, 5.41) is 15.2. The SMILES string of the molecule is Cc1ccnc(C(C)Cc2[nH]nc3cc(Nc4ccccc4C(=O)NCc4ccncc4)ccc23)c1. The summed E-state index contributed by atoms with van der Waals surface area (Å²) < 4.78 is 0. The number of aryl methyl sites for hydroxylation is 1. The Kier molecular flexibility index (Phi) is 6.71. The van der Waals surface area contributed by atoms with Crippen LogP contribution in [0.2, 0.25) is 0 Å². The van der Waals surface area contributed by atoms with Crippen LogP contribution in [0.1, 0.15) is 45.7 Å². The summed E-state index contributed by atoms with van der Waals surface area (Å²) in [6.45, 7) is 4.70. The van der Waals surface area contributed by atoms with Gasteiger partial charge < -0.3 is 10.6 Å². The number of amides is 1. The molecule has 180 valence electrons. The molecule has 3 heterocycles. The number of pyridine rings is 2. The Balaban J connectivity index is 1.31. The van der Waals surface area contributed by atoms with Crippen LogP contribution in [0, 0.1) is 6.92 Å². The van der Waals surface area contributed by atoms with Crippen molar-refractivity contribution < 1.29 is 4.79 Å². The molecule has 0 spiro atoms. The van der Waals surface area contributed by atoms with Gasteiger partial charge in [-0.15, -0.1) is 0 Å². The highest BCUT2D eigenvalue weighted by atomic mass is 16.1. The first-order chi connectivity index (χ1) is 17.6. The minimum Gasteiger partial charge on any atom is -0.355 e. The van der Waals surface area contributed by atoms with Gasteiger partial charge in [0.1, 0.15) is 0 Å². The second-order valence-electron chi connectivity index (χ2n) is 9.01. The molecule has 0 aliphatic carbocycles. The number of hydrogen-bond donors (Lipinski definition) is 3. The zero-order valence-corrected chi connectivity index (χ0v) is 20.3. The quantitative estimate of drug-likeness (QED) is 0.268. The lowest BCUT2D eigenvalue weighted by Gasteiger charge is -2.13. The van der Waals surface area contributed by atoms with Gasteiger partial charge in [0.25, 0.3) is 5.91 Å². The predicted molar refractivity (Wildman–Crippen MR) is 142 cm³/mol. The van der Waals surface area contributed by atoms with Crippen LogP contribution >= 0.6 is 0 Å². The lowest BCUT2D eigenvalue weighted by Crippen LogP contribution is -2.23. The van der Waals surface area contributed by atoms with Crippen LogP contribution in [-0.4, -0.2) is 26.1 Å². The number of carbonyl (C=O) groups excluding carboxylic acids is 1. The molecule has 7 heteroatoms. The lowest BCUT2D eigenvalue weighted by atomic mass is 9.98. The highest BCUT2D eigenvalue weighted by Crippen LogP contribution is 2.28. The van der Waals surface area contributed by atoms with Gasteiger partial charge in [-0.1, -0.05) is 19.1 Å². The minimum absolute atomic E-state index is 0.142. The van der Waals surface area contributed by atoms with Crippen LogP contribution in [0.3, 0.4) is 0 Å². The van der Waals surface area contributed by atoms with Crippen LogP contribution in [0.15, 0.2) is 85.3 Å². The van der Waals surface area contributed by atoms with Crippen molar-refractivity contribution in [2.75, 3.05) is 5.32 Å². The number of fused-ring (bicyclic) bond motifs is 1. The summed E-state index contributed by atoms with van der Waals surface area (Å²) >= 11 is 0. The Bertz CT molecular complexity index is 1490. The van der Waals surface area contributed by atoms with Gasteiger partial charge in [-0.2, -0.15) is 5.10 Å². The average Bonchev–Trinajstić information content (AvgIpc) is 3.30. The van der Waals surface area contributed by atoms with E-state index >= 15 is 0 Å². The van der Waals surface area contributed by atoms with Crippen molar-refractivity contribution in [1.29, 1.82) is 0 Å². The average molecular weight is 477 g/mol. The van der Waals surface area contributed by atoms with Gasteiger partial charge in [0.15, 0.2) is 0 Å². The molecule has 5 aromatic rings. The maximum absolute atomic E-state index is 12.9. The van der Waals surface area contributed by atoms with Crippen LogP contribution in [0.5, 0.6) is 0 Å². The van der Waals surface area contributed by atoms with Crippen molar-refractivity contribution in [2.45, 2.75) is 32.7 Å². The fourth-order valence-electron chi connectivity index (χ4n) is 4.26. The van der Waals surface area contributed by atoms with Crippen molar-refractivity contribution in [3.05, 3.63) is 113 Å². The van der Waals surface area contributed by atoms with Gasteiger partial charge in [0, 0.05) is 53.5 Å². The highest BCUT2D eigenvalue weighted by molar-refractivity contribution is 6.00. The van der Waals surface area contributed by atoms with Crippen molar-refractivity contribution in [3.63, 3.8) is 0 Å². The zero-order chi connectivity index (χ0) is 24.9. The third-order valence-corrected chi connectivity index (χ3v) is 6.24. The molecular formula is C29H28N6O. The number of aromatic amines is 1. The van der Waals surface area contributed by atoms with E-state index in [1.54, 1.807) is 12.4 Å². The fourth-order valence-corrected chi connectivity index (χ4v) is 4.26. The molecule has 1 unspecified atom stereocenters. The first-order valence-corrected chi connectivity index (χ1v) is 12.0. The van der Waals surface area contributed by atoms with Gasteiger partial charge in [-0.25, -0.2) is 0 Å². The molecule has 0 saturated heterocycles. The molecule has 5 rings (SSSR count). The zero-order valence-electron chi connectivity index (χ0n) is 20.3. The van der Waals surface area contributed by atoms with Crippen molar-refractivity contribution in [2.24, 2.45) is 0 Å². The molecule has 1 amide bonds. The maximum atomic E-state index is 12.9. The van der Waals surface area contributed by atoms with E-state index in [1.807, 2.05) is 60.8 Å². The number of para-hydroxylation sites is 1. The largest absolute Gasteiger partial charge is 0.355 e.